The summed E-state index contributed by atoms with van der Waals surface area (Å²) in [6.07, 6.45) is 6.55. The maximum Gasteiger partial charge on any atom is 0.131 e. The zero-order valence-electron chi connectivity index (χ0n) is 13.2. The molecule has 0 radical (unpaired) electrons. The fraction of sp³-hybridized carbons (Fsp3) is 0.526. The summed E-state index contributed by atoms with van der Waals surface area (Å²) in [5.74, 6) is 0.815. The SMILES string of the molecule is CC[C@@H]1C[C@@H]2CC[NH+]1[C@H]([C@H](O)c1ccnc3ccccc13)C2. The molecule has 116 valence electrons. The number of piperidine rings is 3. The van der Waals surface area contributed by atoms with E-state index in [4.69, 9.17) is 0 Å². The molecule has 3 fully saturated rings. The molecule has 0 amide bonds. The molecule has 1 unspecified atom stereocenters. The van der Waals surface area contributed by atoms with Gasteiger partial charge < -0.3 is 10.0 Å². The maximum atomic E-state index is 11.1. The Balaban J connectivity index is 1.70. The zero-order valence-corrected chi connectivity index (χ0v) is 13.2. The summed E-state index contributed by atoms with van der Waals surface area (Å²) >= 11 is 0. The summed E-state index contributed by atoms with van der Waals surface area (Å²) in [4.78, 5) is 6.07. The molecule has 3 aliphatic rings. The molecular weight excluding hydrogens is 272 g/mol. The number of fused-ring (bicyclic) bond motifs is 4. The molecule has 0 spiro atoms. The molecule has 0 saturated carbocycles. The van der Waals surface area contributed by atoms with Crippen LogP contribution in [0.25, 0.3) is 10.9 Å². The summed E-state index contributed by atoms with van der Waals surface area (Å²) in [7, 11) is 0. The van der Waals surface area contributed by atoms with Gasteiger partial charge >= 0.3 is 0 Å². The second-order valence-corrected chi connectivity index (χ2v) is 7.02. The molecule has 3 saturated heterocycles. The van der Waals surface area contributed by atoms with Gasteiger partial charge in [0.2, 0.25) is 0 Å². The van der Waals surface area contributed by atoms with Gasteiger partial charge in [0.05, 0.1) is 18.1 Å². The number of aliphatic hydroxyl groups is 1. The van der Waals surface area contributed by atoms with Crippen LogP contribution >= 0.6 is 0 Å². The molecule has 3 heteroatoms. The highest BCUT2D eigenvalue weighted by molar-refractivity contribution is 5.82. The van der Waals surface area contributed by atoms with Crippen LogP contribution in [-0.2, 0) is 0 Å². The topological polar surface area (TPSA) is 37.6 Å². The van der Waals surface area contributed by atoms with E-state index in [2.05, 4.69) is 18.0 Å². The Kier molecular flexibility index (Phi) is 3.63. The lowest BCUT2D eigenvalue weighted by atomic mass is 9.75. The average molecular weight is 297 g/mol. The molecule has 5 rings (SSSR count). The first-order valence-corrected chi connectivity index (χ1v) is 8.65. The van der Waals surface area contributed by atoms with E-state index in [1.165, 1.54) is 32.2 Å². The number of nitrogens with zero attached hydrogens (tertiary/aromatic N) is 1. The number of aromatic nitrogens is 1. The van der Waals surface area contributed by atoms with Crippen molar-refractivity contribution in [3.05, 3.63) is 42.1 Å². The molecule has 22 heavy (non-hydrogen) atoms. The van der Waals surface area contributed by atoms with Gasteiger partial charge in [0.15, 0.2) is 0 Å². The summed E-state index contributed by atoms with van der Waals surface area (Å²) in [5, 5.41) is 12.2. The first kappa shape index (κ1) is 14.2. The van der Waals surface area contributed by atoms with Crippen LogP contribution in [-0.4, -0.2) is 28.7 Å². The largest absolute Gasteiger partial charge is 0.382 e. The molecule has 2 aromatic rings. The van der Waals surface area contributed by atoms with E-state index in [9.17, 15) is 5.11 Å². The third-order valence-electron chi connectivity index (χ3n) is 5.92. The Morgan fingerprint density at radius 1 is 1.27 bits per heavy atom. The summed E-state index contributed by atoms with van der Waals surface area (Å²) < 4.78 is 0. The third-order valence-corrected chi connectivity index (χ3v) is 5.92. The van der Waals surface area contributed by atoms with Gasteiger partial charge in [-0.1, -0.05) is 25.1 Å². The minimum Gasteiger partial charge on any atom is -0.382 e. The standard InChI is InChI=1S/C19H24N2O/c1-2-14-11-13-8-10-21(14)18(12-13)19(22)16-7-9-20-17-6-4-3-5-15(16)17/h3-7,9,13-14,18-19,22H,2,8,10-12H2,1H3/p+1/t13-,14+,18-,19+/m0/s1. The highest BCUT2D eigenvalue weighted by Gasteiger charge is 2.46. The molecule has 3 aliphatic heterocycles. The number of hydrogen-bond donors (Lipinski definition) is 2. The van der Waals surface area contributed by atoms with Crippen molar-refractivity contribution < 1.29 is 10.0 Å². The van der Waals surface area contributed by atoms with E-state index in [0.717, 1.165) is 28.4 Å². The predicted octanol–water partition coefficient (Wildman–Crippen LogP) is 2.11. The molecule has 2 N–H and O–H groups in total. The Morgan fingerprint density at radius 3 is 2.95 bits per heavy atom. The number of para-hydroxylation sites is 1. The van der Waals surface area contributed by atoms with Crippen LogP contribution in [0.15, 0.2) is 36.5 Å². The van der Waals surface area contributed by atoms with Crippen LogP contribution in [0.4, 0.5) is 0 Å². The van der Waals surface area contributed by atoms with Gasteiger partial charge in [-0.25, -0.2) is 0 Å². The Bertz CT molecular complexity index is 666. The third kappa shape index (κ3) is 2.24. The number of aliphatic hydroxyl groups excluding tert-OH is 1. The first-order chi connectivity index (χ1) is 10.8. The number of hydrogen-bond acceptors (Lipinski definition) is 2. The Morgan fingerprint density at radius 2 is 2.14 bits per heavy atom. The second kappa shape index (κ2) is 5.64. The molecular formula is C19H25N2O+. The number of nitrogens with one attached hydrogen (secondary N) is 1. The van der Waals surface area contributed by atoms with Crippen LogP contribution in [0.1, 0.15) is 44.3 Å². The van der Waals surface area contributed by atoms with Gasteiger partial charge in [-0.2, -0.15) is 0 Å². The quantitative estimate of drug-likeness (QED) is 0.910. The fourth-order valence-corrected chi connectivity index (χ4v) is 4.81. The number of quaternary nitrogens is 1. The van der Waals surface area contributed by atoms with E-state index in [-0.39, 0.29) is 6.10 Å². The highest BCUT2D eigenvalue weighted by atomic mass is 16.3. The van der Waals surface area contributed by atoms with Crippen molar-refractivity contribution in [2.45, 2.75) is 50.8 Å². The van der Waals surface area contributed by atoms with Gasteiger partial charge in [0.25, 0.3) is 0 Å². The lowest BCUT2D eigenvalue weighted by molar-refractivity contribution is -0.970. The van der Waals surface area contributed by atoms with Crippen molar-refractivity contribution in [2.24, 2.45) is 5.92 Å². The zero-order chi connectivity index (χ0) is 15.1. The van der Waals surface area contributed by atoms with Gasteiger partial charge in [-0.15, -0.1) is 0 Å². The van der Waals surface area contributed by atoms with E-state index in [0.29, 0.717) is 6.04 Å². The molecule has 5 atom stereocenters. The minimum absolute atomic E-state index is 0.350. The van der Waals surface area contributed by atoms with Gasteiger partial charge in [0, 0.05) is 24.4 Å². The molecule has 0 aliphatic carbocycles. The summed E-state index contributed by atoms with van der Waals surface area (Å²) in [6.45, 7) is 3.53. The Hall–Kier alpha value is -1.45. The minimum atomic E-state index is -0.375. The maximum absolute atomic E-state index is 11.1. The van der Waals surface area contributed by atoms with Crippen LogP contribution in [0.5, 0.6) is 0 Å². The number of rotatable bonds is 3. The second-order valence-electron chi connectivity index (χ2n) is 7.02. The molecule has 2 bridgehead atoms. The average Bonchev–Trinajstić information content (AvgIpc) is 2.60. The van der Waals surface area contributed by atoms with E-state index in [1.54, 1.807) is 4.90 Å². The van der Waals surface area contributed by atoms with Crippen molar-refractivity contribution in [2.75, 3.05) is 6.54 Å². The Labute approximate surface area is 132 Å². The van der Waals surface area contributed by atoms with E-state index in [1.807, 2.05) is 30.5 Å². The first-order valence-electron chi connectivity index (χ1n) is 8.65. The normalized spacial score (nSPS) is 32.3. The van der Waals surface area contributed by atoms with Crippen molar-refractivity contribution in [3.63, 3.8) is 0 Å². The molecule has 1 aromatic carbocycles. The van der Waals surface area contributed by atoms with E-state index >= 15 is 0 Å². The number of benzene rings is 1. The highest BCUT2D eigenvalue weighted by Crippen LogP contribution is 2.33. The van der Waals surface area contributed by atoms with Crippen molar-refractivity contribution >= 4 is 10.9 Å². The van der Waals surface area contributed by atoms with Crippen molar-refractivity contribution in [3.8, 4) is 0 Å². The van der Waals surface area contributed by atoms with Crippen LogP contribution in [0.3, 0.4) is 0 Å². The van der Waals surface area contributed by atoms with Crippen LogP contribution < -0.4 is 4.90 Å². The molecule has 3 nitrogen and oxygen atoms in total. The van der Waals surface area contributed by atoms with Gasteiger partial charge in [0.1, 0.15) is 12.1 Å². The lowest BCUT2D eigenvalue weighted by Crippen LogP contribution is -3.22. The van der Waals surface area contributed by atoms with E-state index < -0.39 is 0 Å². The molecule has 4 heterocycles. The summed E-state index contributed by atoms with van der Waals surface area (Å²) in [5.41, 5.74) is 2.04. The molecule has 1 aromatic heterocycles. The summed E-state index contributed by atoms with van der Waals surface area (Å²) in [6, 6.07) is 11.3. The van der Waals surface area contributed by atoms with Crippen LogP contribution in [0, 0.1) is 5.92 Å². The van der Waals surface area contributed by atoms with Gasteiger partial charge in [-0.3, -0.25) is 4.98 Å². The van der Waals surface area contributed by atoms with Crippen molar-refractivity contribution in [1.29, 1.82) is 0 Å². The van der Waals surface area contributed by atoms with Crippen molar-refractivity contribution in [1.82, 2.24) is 4.98 Å². The van der Waals surface area contributed by atoms with Gasteiger partial charge in [-0.05, 0) is 36.5 Å². The predicted molar refractivity (Wildman–Crippen MR) is 87.7 cm³/mol. The number of pyridine rings is 1. The smallest absolute Gasteiger partial charge is 0.131 e. The van der Waals surface area contributed by atoms with Crippen LogP contribution in [0.2, 0.25) is 0 Å². The fourth-order valence-electron chi connectivity index (χ4n) is 4.81. The lowest BCUT2D eigenvalue weighted by Gasteiger charge is -2.49. The monoisotopic (exact) mass is 297 g/mol.